The van der Waals surface area contributed by atoms with Gasteiger partial charge in [-0.15, -0.1) is 0 Å². The van der Waals surface area contributed by atoms with E-state index in [1.807, 2.05) is 6.92 Å². The highest BCUT2D eigenvalue weighted by Gasteiger charge is 2.20. The highest BCUT2D eigenvalue weighted by Crippen LogP contribution is 2.41. The first-order valence-electron chi connectivity index (χ1n) is 7.83. The Bertz CT molecular complexity index is 549. The van der Waals surface area contributed by atoms with Gasteiger partial charge in [-0.25, -0.2) is 0 Å². The predicted octanol–water partition coefficient (Wildman–Crippen LogP) is 1.98. The number of hydrogen-bond acceptors (Lipinski definition) is 5. The highest BCUT2D eigenvalue weighted by atomic mass is 16.5. The number of benzene rings is 1. The topological polar surface area (TPSA) is 77.1 Å². The lowest BCUT2D eigenvalue weighted by molar-refractivity contribution is -0.123. The number of amides is 2. The maximum absolute atomic E-state index is 12.0. The van der Waals surface area contributed by atoms with E-state index in [-0.39, 0.29) is 18.4 Å². The Hall–Kier alpha value is -2.44. The zero-order valence-corrected chi connectivity index (χ0v) is 15.0. The van der Waals surface area contributed by atoms with Crippen molar-refractivity contribution in [3.05, 3.63) is 12.1 Å². The summed E-state index contributed by atoms with van der Waals surface area (Å²) < 4.78 is 15.8. The van der Waals surface area contributed by atoms with Crippen LogP contribution in [-0.2, 0) is 9.59 Å². The molecule has 0 aliphatic carbocycles. The third-order valence-corrected chi connectivity index (χ3v) is 3.50. The molecular weight excluding hydrogens is 312 g/mol. The summed E-state index contributed by atoms with van der Waals surface area (Å²) in [5, 5.41) is 2.80. The van der Waals surface area contributed by atoms with Crippen molar-refractivity contribution < 1.29 is 23.8 Å². The van der Waals surface area contributed by atoms with Crippen LogP contribution in [0.5, 0.6) is 17.2 Å². The second kappa shape index (κ2) is 9.64. The van der Waals surface area contributed by atoms with Crippen LogP contribution in [0.25, 0.3) is 0 Å². The van der Waals surface area contributed by atoms with Crippen LogP contribution in [0.2, 0.25) is 0 Å². The summed E-state index contributed by atoms with van der Waals surface area (Å²) >= 11 is 0. The molecule has 1 aromatic carbocycles. The van der Waals surface area contributed by atoms with Crippen LogP contribution in [-0.4, -0.2) is 46.2 Å². The number of ether oxygens (including phenoxy) is 3. The first-order chi connectivity index (χ1) is 11.5. The normalized spacial score (nSPS) is 10.0. The number of hydrogen-bond donors (Lipinski definition) is 1. The van der Waals surface area contributed by atoms with Gasteiger partial charge >= 0.3 is 0 Å². The Morgan fingerprint density at radius 1 is 1.08 bits per heavy atom. The van der Waals surface area contributed by atoms with Crippen molar-refractivity contribution in [2.75, 3.05) is 39.3 Å². The SMILES string of the molecule is CCCCNC(=O)CN(C(C)=O)c1cc(OC)c(OC)c(OC)c1. The lowest BCUT2D eigenvalue weighted by Crippen LogP contribution is -2.40. The number of rotatable bonds is 9. The fraction of sp³-hybridized carbons (Fsp3) is 0.529. The molecule has 24 heavy (non-hydrogen) atoms. The van der Waals surface area contributed by atoms with Gasteiger partial charge in [-0.2, -0.15) is 0 Å². The number of carbonyl (C=O) groups is 2. The van der Waals surface area contributed by atoms with Crippen molar-refractivity contribution in [2.45, 2.75) is 26.7 Å². The minimum Gasteiger partial charge on any atom is -0.493 e. The third-order valence-electron chi connectivity index (χ3n) is 3.50. The van der Waals surface area contributed by atoms with E-state index in [0.29, 0.717) is 29.5 Å². The number of nitrogens with one attached hydrogen (secondary N) is 1. The number of carbonyl (C=O) groups excluding carboxylic acids is 2. The molecule has 1 N–H and O–H groups in total. The van der Waals surface area contributed by atoms with E-state index < -0.39 is 0 Å². The summed E-state index contributed by atoms with van der Waals surface area (Å²) in [6, 6.07) is 3.28. The standard InChI is InChI=1S/C17H26N2O5/c1-6-7-8-18-16(21)11-19(12(2)20)13-9-14(22-3)17(24-5)15(10-13)23-4/h9-10H,6-8,11H2,1-5H3,(H,18,21). The van der Waals surface area contributed by atoms with Crippen LogP contribution in [0, 0.1) is 0 Å². The molecule has 2 amide bonds. The first-order valence-corrected chi connectivity index (χ1v) is 7.83. The number of anilines is 1. The minimum atomic E-state index is -0.255. The summed E-state index contributed by atoms with van der Waals surface area (Å²) in [6.07, 6.45) is 1.89. The summed E-state index contributed by atoms with van der Waals surface area (Å²) in [5.41, 5.74) is 0.502. The van der Waals surface area contributed by atoms with Crippen molar-refractivity contribution in [3.63, 3.8) is 0 Å². The first kappa shape index (κ1) is 19.6. The molecule has 0 aliphatic rings. The molecular formula is C17H26N2O5. The fourth-order valence-corrected chi connectivity index (χ4v) is 2.21. The lowest BCUT2D eigenvalue weighted by Gasteiger charge is -2.23. The van der Waals surface area contributed by atoms with Gasteiger partial charge in [-0.3, -0.25) is 9.59 Å². The number of nitrogens with zero attached hydrogens (tertiary/aromatic N) is 1. The molecule has 0 saturated heterocycles. The predicted molar refractivity (Wildman–Crippen MR) is 92.0 cm³/mol. The van der Waals surface area contributed by atoms with E-state index in [4.69, 9.17) is 14.2 Å². The maximum Gasteiger partial charge on any atom is 0.240 e. The van der Waals surface area contributed by atoms with Crippen LogP contribution in [0.3, 0.4) is 0 Å². The molecule has 0 atom stereocenters. The average molecular weight is 338 g/mol. The van der Waals surface area contributed by atoms with Gasteiger partial charge in [0.1, 0.15) is 6.54 Å². The second-order valence-electron chi connectivity index (χ2n) is 5.19. The van der Waals surface area contributed by atoms with Gasteiger partial charge < -0.3 is 24.4 Å². The molecule has 134 valence electrons. The van der Waals surface area contributed by atoms with Gasteiger partial charge in [0.25, 0.3) is 0 Å². The molecule has 0 spiro atoms. The van der Waals surface area contributed by atoms with Crippen LogP contribution in [0.15, 0.2) is 12.1 Å². The van der Waals surface area contributed by atoms with E-state index in [1.165, 1.54) is 33.2 Å². The van der Waals surface area contributed by atoms with Crippen molar-refractivity contribution in [1.82, 2.24) is 5.32 Å². The Morgan fingerprint density at radius 3 is 2.08 bits per heavy atom. The van der Waals surface area contributed by atoms with E-state index in [9.17, 15) is 9.59 Å². The van der Waals surface area contributed by atoms with Crippen LogP contribution < -0.4 is 24.4 Å². The lowest BCUT2D eigenvalue weighted by atomic mass is 10.2. The maximum atomic E-state index is 12.0. The molecule has 1 rings (SSSR count). The van der Waals surface area contributed by atoms with Gasteiger partial charge in [-0.1, -0.05) is 13.3 Å². The van der Waals surface area contributed by atoms with Gasteiger partial charge in [0.05, 0.1) is 27.0 Å². The summed E-state index contributed by atoms with van der Waals surface area (Å²) in [5.74, 6) is 0.802. The zero-order chi connectivity index (χ0) is 18.1. The molecule has 0 aromatic heterocycles. The number of methoxy groups -OCH3 is 3. The molecule has 0 heterocycles. The van der Waals surface area contributed by atoms with Crippen molar-refractivity contribution in [3.8, 4) is 17.2 Å². The third kappa shape index (κ3) is 5.04. The van der Waals surface area contributed by atoms with Crippen LogP contribution >= 0.6 is 0 Å². The minimum absolute atomic E-state index is 0.0717. The van der Waals surface area contributed by atoms with Crippen molar-refractivity contribution in [1.29, 1.82) is 0 Å². The Balaban J connectivity index is 3.08. The quantitative estimate of drug-likeness (QED) is 0.697. The Labute approximate surface area is 142 Å². The summed E-state index contributed by atoms with van der Waals surface area (Å²) in [7, 11) is 4.50. The smallest absolute Gasteiger partial charge is 0.240 e. The number of unbranched alkanes of at least 4 members (excludes halogenated alkanes) is 1. The Kier molecular flexibility index (Phi) is 7.88. The van der Waals surface area contributed by atoms with Gasteiger partial charge in [0.15, 0.2) is 11.5 Å². The highest BCUT2D eigenvalue weighted by molar-refractivity contribution is 5.98. The molecule has 0 radical (unpaired) electrons. The van der Waals surface area contributed by atoms with Gasteiger partial charge in [-0.05, 0) is 6.42 Å². The molecule has 0 aliphatic heterocycles. The van der Waals surface area contributed by atoms with Crippen molar-refractivity contribution in [2.24, 2.45) is 0 Å². The second-order valence-corrected chi connectivity index (χ2v) is 5.19. The largest absolute Gasteiger partial charge is 0.493 e. The van der Waals surface area contributed by atoms with Crippen LogP contribution in [0.4, 0.5) is 5.69 Å². The molecule has 0 unspecified atom stereocenters. The van der Waals surface area contributed by atoms with E-state index in [2.05, 4.69) is 5.32 Å². The van der Waals surface area contributed by atoms with Crippen molar-refractivity contribution >= 4 is 17.5 Å². The molecule has 0 fully saturated rings. The average Bonchev–Trinajstić information content (AvgIpc) is 2.58. The monoisotopic (exact) mass is 338 g/mol. The molecule has 1 aromatic rings. The van der Waals surface area contributed by atoms with E-state index in [0.717, 1.165) is 12.8 Å². The Morgan fingerprint density at radius 2 is 1.67 bits per heavy atom. The molecule has 0 bridgehead atoms. The molecule has 7 nitrogen and oxygen atoms in total. The van der Waals surface area contributed by atoms with E-state index in [1.54, 1.807) is 12.1 Å². The fourth-order valence-electron chi connectivity index (χ4n) is 2.21. The summed E-state index contributed by atoms with van der Waals surface area (Å²) in [6.45, 7) is 3.97. The van der Waals surface area contributed by atoms with Crippen LogP contribution in [0.1, 0.15) is 26.7 Å². The summed E-state index contributed by atoms with van der Waals surface area (Å²) in [4.78, 5) is 25.4. The molecule has 7 heteroatoms. The van der Waals surface area contributed by atoms with Gasteiger partial charge in [0, 0.05) is 25.6 Å². The van der Waals surface area contributed by atoms with Gasteiger partial charge in [0.2, 0.25) is 17.6 Å². The van der Waals surface area contributed by atoms with E-state index >= 15 is 0 Å². The zero-order valence-electron chi connectivity index (χ0n) is 15.0. The molecule has 0 saturated carbocycles.